The van der Waals surface area contributed by atoms with Crippen LogP contribution in [-0.2, 0) is 21.2 Å². The lowest BCUT2D eigenvalue weighted by Gasteiger charge is -2.16. The lowest BCUT2D eigenvalue weighted by atomic mass is 10.1. The van der Waals surface area contributed by atoms with Crippen molar-refractivity contribution in [1.29, 1.82) is 0 Å². The van der Waals surface area contributed by atoms with Gasteiger partial charge in [0, 0.05) is 10.7 Å². The molecule has 27 heavy (non-hydrogen) atoms. The summed E-state index contributed by atoms with van der Waals surface area (Å²) in [6.45, 7) is 5.56. The number of benzene rings is 2. The Hall–Kier alpha value is -2.09. The van der Waals surface area contributed by atoms with Crippen LogP contribution in [0.3, 0.4) is 0 Å². The summed E-state index contributed by atoms with van der Waals surface area (Å²) >= 11 is 5.93. The van der Waals surface area contributed by atoms with Gasteiger partial charge in [-0.1, -0.05) is 30.7 Å². The van der Waals surface area contributed by atoms with Gasteiger partial charge in [-0.05, 0) is 56.2 Å². The van der Waals surface area contributed by atoms with Crippen LogP contribution in [0.5, 0.6) is 5.75 Å². The number of rotatable bonds is 8. The second-order valence-corrected chi connectivity index (χ2v) is 8.03. The van der Waals surface area contributed by atoms with Crippen LogP contribution in [0.4, 0.5) is 5.69 Å². The minimum Gasteiger partial charge on any atom is -0.492 e. The highest BCUT2D eigenvalue weighted by molar-refractivity contribution is 7.89. The molecule has 8 heteroatoms. The van der Waals surface area contributed by atoms with E-state index in [-0.39, 0.29) is 15.7 Å². The van der Waals surface area contributed by atoms with E-state index in [9.17, 15) is 13.2 Å². The molecule has 6 nitrogen and oxygen atoms in total. The van der Waals surface area contributed by atoms with Gasteiger partial charge in [-0.25, -0.2) is 8.42 Å². The Morgan fingerprint density at radius 3 is 2.41 bits per heavy atom. The van der Waals surface area contributed by atoms with Crippen LogP contribution in [0.1, 0.15) is 26.3 Å². The summed E-state index contributed by atoms with van der Waals surface area (Å²) < 4.78 is 33.1. The number of ether oxygens (including phenoxy) is 1. The number of anilines is 1. The summed E-state index contributed by atoms with van der Waals surface area (Å²) in [6, 6.07) is 10.7. The Morgan fingerprint density at radius 1 is 1.15 bits per heavy atom. The fourth-order valence-corrected chi connectivity index (χ4v) is 4.00. The Balaban J connectivity index is 2.14. The van der Waals surface area contributed by atoms with E-state index in [0.717, 1.165) is 12.0 Å². The maximum Gasteiger partial charge on any atom is 0.245 e. The number of sulfonamides is 1. The summed E-state index contributed by atoms with van der Waals surface area (Å²) in [4.78, 5) is 12.3. The number of halogens is 1. The molecule has 0 aromatic heterocycles. The zero-order valence-corrected chi connectivity index (χ0v) is 17.0. The van der Waals surface area contributed by atoms with Crippen LogP contribution in [0.25, 0.3) is 0 Å². The number of hydrogen-bond donors (Lipinski definition) is 2. The van der Waals surface area contributed by atoms with Crippen LogP contribution in [0, 0.1) is 0 Å². The molecule has 0 fully saturated rings. The van der Waals surface area contributed by atoms with Crippen LogP contribution in [0.2, 0.25) is 5.02 Å². The SMILES string of the molecule is CCOc1ccc(Cl)cc1S(=O)(=O)NC(C)C(=O)Nc1ccc(CC)cc1. The van der Waals surface area contributed by atoms with Gasteiger partial charge >= 0.3 is 0 Å². The highest BCUT2D eigenvalue weighted by Gasteiger charge is 2.25. The average molecular weight is 411 g/mol. The van der Waals surface area contributed by atoms with Crippen molar-refractivity contribution in [3.8, 4) is 5.75 Å². The third kappa shape index (κ3) is 5.69. The Kier molecular flexibility index (Phi) is 7.24. The van der Waals surface area contributed by atoms with Gasteiger partial charge in [0.05, 0.1) is 12.6 Å². The quantitative estimate of drug-likeness (QED) is 0.696. The zero-order chi connectivity index (χ0) is 20.0. The molecule has 0 saturated carbocycles. The van der Waals surface area contributed by atoms with Crippen molar-refractivity contribution in [2.75, 3.05) is 11.9 Å². The van der Waals surface area contributed by atoms with Gasteiger partial charge in [0.2, 0.25) is 15.9 Å². The van der Waals surface area contributed by atoms with E-state index in [1.807, 2.05) is 19.1 Å². The largest absolute Gasteiger partial charge is 0.492 e. The maximum absolute atomic E-state index is 12.7. The summed E-state index contributed by atoms with van der Waals surface area (Å²) in [7, 11) is -4.00. The summed E-state index contributed by atoms with van der Waals surface area (Å²) in [5.41, 5.74) is 1.74. The number of carbonyl (C=O) groups is 1. The Bertz CT molecular complexity index is 898. The Labute approximate surface area is 164 Å². The molecule has 2 aromatic rings. The molecule has 1 unspecified atom stereocenters. The molecule has 0 spiro atoms. The third-order valence-corrected chi connectivity index (χ3v) is 5.65. The molecule has 1 amide bonds. The van der Waals surface area contributed by atoms with Gasteiger partial charge in [-0.15, -0.1) is 0 Å². The topological polar surface area (TPSA) is 84.5 Å². The van der Waals surface area contributed by atoms with Crippen LogP contribution in [0.15, 0.2) is 47.4 Å². The predicted molar refractivity (Wildman–Crippen MR) is 107 cm³/mol. The van der Waals surface area contributed by atoms with E-state index in [2.05, 4.69) is 10.0 Å². The first-order valence-electron chi connectivity index (χ1n) is 8.61. The number of amides is 1. The van der Waals surface area contributed by atoms with Gasteiger partial charge in [-0.2, -0.15) is 4.72 Å². The lowest BCUT2D eigenvalue weighted by Crippen LogP contribution is -2.41. The molecule has 0 aliphatic rings. The third-order valence-electron chi connectivity index (χ3n) is 3.85. The molecule has 0 bridgehead atoms. The smallest absolute Gasteiger partial charge is 0.245 e. The van der Waals surface area contributed by atoms with Crippen molar-refractivity contribution in [1.82, 2.24) is 4.72 Å². The lowest BCUT2D eigenvalue weighted by molar-refractivity contribution is -0.117. The molecule has 0 aliphatic heterocycles. The van der Waals surface area contributed by atoms with Gasteiger partial charge < -0.3 is 10.1 Å². The van der Waals surface area contributed by atoms with Gasteiger partial charge in [0.15, 0.2) is 0 Å². The zero-order valence-electron chi connectivity index (χ0n) is 15.5. The highest BCUT2D eigenvalue weighted by atomic mass is 35.5. The number of carbonyl (C=O) groups excluding carboxylic acids is 1. The molecule has 0 aliphatic carbocycles. The monoisotopic (exact) mass is 410 g/mol. The number of nitrogens with one attached hydrogen (secondary N) is 2. The van der Waals surface area contributed by atoms with Gasteiger partial charge in [0.25, 0.3) is 0 Å². The summed E-state index contributed by atoms with van der Waals surface area (Å²) in [5.74, 6) is -0.292. The highest BCUT2D eigenvalue weighted by Crippen LogP contribution is 2.27. The molecule has 146 valence electrons. The molecular weight excluding hydrogens is 388 g/mol. The second kappa shape index (κ2) is 9.21. The molecule has 2 N–H and O–H groups in total. The molecule has 2 rings (SSSR count). The first-order valence-corrected chi connectivity index (χ1v) is 10.5. The molecular formula is C19H23ClN2O4S. The summed E-state index contributed by atoms with van der Waals surface area (Å²) in [6.07, 6.45) is 0.895. The standard InChI is InChI=1S/C19H23ClN2O4S/c1-4-14-6-9-16(10-7-14)21-19(23)13(3)22-27(24,25)18-12-15(20)8-11-17(18)26-5-2/h6-13,22H,4-5H2,1-3H3,(H,21,23). The summed E-state index contributed by atoms with van der Waals surface area (Å²) in [5, 5.41) is 2.95. The van der Waals surface area contributed by atoms with Crippen molar-refractivity contribution >= 4 is 33.2 Å². The van der Waals surface area contributed by atoms with Crippen molar-refractivity contribution in [3.05, 3.63) is 53.1 Å². The normalized spacial score (nSPS) is 12.4. The van der Waals surface area contributed by atoms with E-state index in [4.69, 9.17) is 16.3 Å². The second-order valence-electron chi connectivity index (χ2n) is 5.91. The van der Waals surface area contributed by atoms with E-state index >= 15 is 0 Å². The van der Waals surface area contributed by atoms with Gasteiger partial charge in [-0.3, -0.25) is 4.79 Å². The number of hydrogen-bond acceptors (Lipinski definition) is 4. The molecule has 1 atom stereocenters. The van der Waals surface area contributed by atoms with Crippen LogP contribution in [-0.4, -0.2) is 27.0 Å². The van der Waals surface area contributed by atoms with Crippen molar-refractivity contribution in [2.24, 2.45) is 0 Å². The van der Waals surface area contributed by atoms with Crippen molar-refractivity contribution in [2.45, 2.75) is 38.1 Å². The predicted octanol–water partition coefficient (Wildman–Crippen LogP) is 3.61. The van der Waals surface area contributed by atoms with Crippen LogP contribution >= 0.6 is 11.6 Å². The van der Waals surface area contributed by atoms with Crippen LogP contribution < -0.4 is 14.8 Å². The number of aryl methyl sites for hydroxylation is 1. The fourth-order valence-electron chi connectivity index (χ4n) is 2.39. The molecule has 2 aromatic carbocycles. The van der Waals surface area contributed by atoms with E-state index < -0.39 is 22.0 Å². The molecule has 0 saturated heterocycles. The van der Waals surface area contributed by atoms with E-state index in [1.54, 1.807) is 25.1 Å². The van der Waals surface area contributed by atoms with Crippen molar-refractivity contribution < 1.29 is 17.9 Å². The van der Waals surface area contributed by atoms with Crippen molar-refractivity contribution in [3.63, 3.8) is 0 Å². The van der Waals surface area contributed by atoms with E-state index in [1.165, 1.54) is 19.1 Å². The first-order chi connectivity index (χ1) is 12.8. The molecule has 0 radical (unpaired) electrons. The van der Waals surface area contributed by atoms with Gasteiger partial charge in [0.1, 0.15) is 10.6 Å². The average Bonchev–Trinajstić information content (AvgIpc) is 2.63. The minimum atomic E-state index is -4.00. The molecule has 0 heterocycles. The first kappa shape index (κ1) is 21.2. The fraction of sp³-hybridized carbons (Fsp3) is 0.316. The van der Waals surface area contributed by atoms with E-state index in [0.29, 0.717) is 12.3 Å². The Morgan fingerprint density at radius 2 is 1.81 bits per heavy atom. The minimum absolute atomic E-state index is 0.108. The maximum atomic E-state index is 12.7.